The summed E-state index contributed by atoms with van der Waals surface area (Å²) in [4.78, 5) is 50.2. The normalized spacial score (nSPS) is 13.8. The van der Waals surface area contributed by atoms with Crippen molar-refractivity contribution in [1.29, 1.82) is 0 Å². The maximum atomic E-state index is 13.1. The maximum Gasteiger partial charge on any atom is 0.336 e. The monoisotopic (exact) mass is 468 g/mol. The van der Waals surface area contributed by atoms with Gasteiger partial charge in [0.1, 0.15) is 5.92 Å². The van der Waals surface area contributed by atoms with Crippen LogP contribution in [-0.2, 0) is 35.2 Å². The van der Waals surface area contributed by atoms with E-state index in [2.05, 4.69) is 25.6 Å². The predicted molar refractivity (Wildman–Crippen MR) is 120 cm³/mol. The van der Waals surface area contributed by atoms with Crippen molar-refractivity contribution < 1.29 is 28.6 Å². The van der Waals surface area contributed by atoms with Gasteiger partial charge < -0.3 is 30.6 Å². The minimum Gasteiger partial charge on any atom is -0.466 e. The molecular formula is C22H24N6O6. The van der Waals surface area contributed by atoms with E-state index in [4.69, 9.17) is 19.9 Å². The number of carbonyl (C=O) groups is 3. The molecule has 0 unspecified atom stereocenters. The molecule has 0 amide bonds. The van der Waals surface area contributed by atoms with Crippen LogP contribution in [0.4, 0.5) is 17.6 Å². The number of aromatic nitrogens is 3. The van der Waals surface area contributed by atoms with Gasteiger partial charge in [0.15, 0.2) is 12.4 Å². The topological polar surface area (TPSA) is 168 Å². The molecule has 0 spiro atoms. The number of hydrogen-bond acceptors (Lipinski definition) is 12. The van der Waals surface area contributed by atoms with E-state index in [-0.39, 0.29) is 35.5 Å². The number of benzene rings is 1. The van der Waals surface area contributed by atoms with Gasteiger partial charge >= 0.3 is 17.9 Å². The van der Waals surface area contributed by atoms with E-state index in [1.165, 1.54) is 14.2 Å². The number of nitrogens with two attached hydrogens (primary N) is 1. The molecule has 34 heavy (non-hydrogen) atoms. The molecule has 178 valence electrons. The summed E-state index contributed by atoms with van der Waals surface area (Å²) in [5.74, 6) is -3.71. The Balaban J connectivity index is 1.86. The molecule has 0 aliphatic carbocycles. The van der Waals surface area contributed by atoms with Crippen LogP contribution in [0.3, 0.4) is 0 Å². The fourth-order valence-electron chi connectivity index (χ4n) is 3.42. The van der Waals surface area contributed by atoms with Gasteiger partial charge in [0.05, 0.1) is 25.4 Å². The molecule has 0 radical (unpaired) electrons. The van der Waals surface area contributed by atoms with Gasteiger partial charge in [-0.15, -0.1) is 0 Å². The maximum absolute atomic E-state index is 13.1. The van der Waals surface area contributed by atoms with Crippen LogP contribution in [0.25, 0.3) is 0 Å². The van der Waals surface area contributed by atoms with Gasteiger partial charge in [-0.3, -0.25) is 4.79 Å². The lowest BCUT2D eigenvalue weighted by atomic mass is 9.85. The summed E-state index contributed by atoms with van der Waals surface area (Å²) in [6.07, 6.45) is 0. The van der Waals surface area contributed by atoms with E-state index in [0.717, 1.165) is 5.69 Å². The van der Waals surface area contributed by atoms with Crippen LogP contribution in [0.5, 0.6) is 0 Å². The van der Waals surface area contributed by atoms with Crippen LogP contribution in [0.15, 0.2) is 52.9 Å². The number of anilines is 3. The van der Waals surface area contributed by atoms with Crippen molar-refractivity contribution in [3.63, 3.8) is 0 Å². The third-order valence-electron chi connectivity index (χ3n) is 4.88. The first-order chi connectivity index (χ1) is 16.2. The summed E-state index contributed by atoms with van der Waals surface area (Å²) < 4.78 is 15.0. The van der Waals surface area contributed by atoms with E-state index in [1.807, 2.05) is 30.3 Å². The van der Waals surface area contributed by atoms with Crippen molar-refractivity contribution >= 4 is 35.5 Å². The summed E-state index contributed by atoms with van der Waals surface area (Å²) in [5.41, 5.74) is 7.04. The van der Waals surface area contributed by atoms with Crippen LogP contribution in [-0.4, -0.2) is 47.1 Å². The van der Waals surface area contributed by atoms with E-state index < -0.39 is 23.8 Å². The Labute approximate surface area is 195 Å². The fourth-order valence-corrected chi connectivity index (χ4v) is 3.42. The molecule has 0 bridgehead atoms. The summed E-state index contributed by atoms with van der Waals surface area (Å²) in [6.45, 7) is 2.77. The highest BCUT2D eigenvalue weighted by molar-refractivity contribution is 6.05. The first-order valence-electron chi connectivity index (χ1n) is 10.1. The third-order valence-corrected chi connectivity index (χ3v) is 4.88. The van der Waals surface area contributed by atoms with Crippen molar-refractivity contribution in [3.8, 4) is 0 Å². The van der Waals surface area contributed by atoms with E-state index in [9.17, 15) is 14.4 Å². The van der Waals surface area contributed by atoms with Crippen molar-refractivity contribution in [2.24, 2.45) is 5.92 Å². The summed E-state index contributed by atoms with van der Waals surface area (Å²) in [7, 11) is 2.34. The highest BCUT2D eigenvalue weighted by Crippen LogP contribution is 2.32. The van der Waals surface area contributed by atoms with E-state index in [0.29, 0.717) is 11.4 Å². The number of rotatable bonds is 7. The zero-order chi connectivity index (χ0) is 24.8. The molecule has 0 saturated carbocycles. The summed E-state index contributed by atoms with van der Waals surface area (Å²) >= 11 is 0. The Bertz CT molecular complexity index is 1140. The fraction of sp³-hybridized carbons (Fsp3) is 0.273. The molecule has 1 aliphatic rings. The summed E-state index contributed by atoms with van der Waals surface area (Å²) in [5, 5.41) is 5.88. The Hall–Kier alpha value is -4.48. The first-order valence-corrected chi connectivity index (χ1v) is 10.1. The minimum absolute atomic E-state index is 0.0638. The smallest absolute Gasteiger partial charge is 0.336 e. The molecule has 0 saturated heterocycles. The molecule has 1 aliphatic heterocycles. The molecular weight excluding hydrogens is 444 g/mol. The van der Waals surface area contributed by atoms with Crippen molar-refractivity contribution in [2.75, 3.05) is 25.3 Å². The molecule has 0 fully saturated rings. The first kappa shape index (κ1) is 24.2. The summed E-state index contributed by atoms with van der Waals surface area (Å²) in [6, 6.07) is 9.14. The average molecular weight is 468 g/mol. The Morgan fingerprint density at radius 2 is 1.56 bits per heavy atom. The van der Waals surface area contributed by atoms with Gasteiger partial charge in [-0.05, 0) is 26.0 Å². The number of nitrogen functional groups attached to an aromatic ring is 1. The number of hydrogen-bond donors (Lipinski definition) is 3. The number of nitrogens with zero attached hydrogens (tertiary/aromatic N) is 3. The standard InChI is InChI=1S/C22H24N6O6/c1-11-15(18(29)32-3)17(16(12(2)24-11)19(30)33-4)20(31)34-10-14-26-21(23)28-22(27-14)25-13-8-6-5-7-9-13/h5-9,17,24H,10H2,1-4H3,(H3,23,25,26,27,28). The van der Waals surface area contributed by atoms with E-state index in [1.54, 1.807) is 13.8 Å². The largest absolute Gasteiger partial charge is 0.466 e. The molecule has 3 rings (SSSR count). The van der Waals surface area contributed by atoms with Gasteiger partial charge in [0.2, 0.25) is 11.9 Å². The van der Waals surface area contributed by atoms with Crippen LogP contribution in [0.1, 0.15) is 19.7 Å². The lowest BCUT2D eigenvalue weighted by molar-refractivity contribution is -0.152. The molecule has 2 aromatic rings. The van der Waals surface area contributed by atoms with Gasteiger partial charge in [-0.2, -0.15) is 15.0 Å². The van der Waals surface area contributed by atoms with Crippen LogP contribution in [0, 0.1) is 5.92 Å². The molecule has 1 aromatic heterocycles. The van der Waals surface area contributed by atoms with Crippen molar-refractivity contribution in [2.45, 2.75) is 20.5 Å². The second-order valence-electron chi connectivity index (χ2n) is 7.15. The van der Waals surface area contributed by atoms with Gasteiger partial charge in [0.25, 0.3) is 0 Å². The number of allylic oxidation sites excluding steroid dienone is 2. The van der Waals surface area contributed by atoms with Crippen LogP contribution >= 0.6 is 0 Å². The van der Waals surface area contributed by atoms with Gasteiger partial charge in [0, 0.05) is 17.1 Å². The van der Waals surface area contributed by atoms with E-state index >= 15 is 0 Å². The highest BCUT2D eigenvalue weighted by atomic mass is 16.5. The second kappa shape index (κ2) is 10.4. The van der Waals surface area contributed by atoms with Crippen molar-refractivity contribution in [1.82, 2.24) is 20.3 Å². The predicted octanol–water partition coefficient (Wildman–Crippen LogP) is 1.35. The molecule has 12 heteroatoms. The average Bonchev–Trinajstić information content (AvgIpc) is 2.81. The minimum atomic E-state index is -1.37. The Kier molecular flexibility index (Phi) is 7.41. The Morgan fingerprint density at radius 3 is 2.12 bits per heavy atom. The quantitative estimate of drug-likeness (QED) is 0.395. The number of ether oxygens (including phenoxy) is 3. The molecule has 0 atom stereocenters. The molecule has 1 aromatic carbocycles. The Morgan fingerprint density at radius 1 is 0.971 bits per heavy atom. The SMILES string of the molecule is COC(=O)C1=C(C)NC(C)=C(C(=O)OC)C1C(=O)OCc1nc(N)nc(Nc2ccccc2)n1. The molecule has 2 heterocycles. The lowest BCUT2D eigenvalue weighted by Crippen LogP contribution is -2.38. The number of methoxy groups -OCH3 is 2. The number of para-hydroxylation sites is 1. The van der Waals surface area contributed by atoms with Crippen molar-refractivity contribution in [3.05, 3.63) is 58.7 Å². The van der Waals surface area contributed by atoms with Crippen LogP contribution < -0.4 is 16.4 Å². The number of esters is 3. The highest BCUT2D eigenvalue weighted by Gasteiger charge is 2.42. The zero-order valence-corrected chi connectivity index (χ0v) is 19.0. The second-order valence-corrected chi connectivity index (χ2v) is 7.15. The zero-order valence-electron chi connectivity index (χ0n) is 19.0. The number of dihydropyridines is 1. The van der Waals surface area contributed by atoms with Gasteiger partial charge in [-0.1, -0.05) is 18.2 Å². The van der Waals surface area contributed by atoms with Crippen LogP contribution in [0.2, 0.25) is 0 Å². The third kappa shape index (κ3) is 5.28. The van der Waals surface area contributed by atoms with Gasteiger partial charge in [-0.25, -0.2) is 9.59 Å². The number of nitrogens with one attached hydrogen (secondary N) is 2. The molecule has 4 N–H and O–H groups in total. The lowest BCUT2D eigenvalue weighted by Gasteiger charge is -2.28. The molecule has 12 nitrogen and oxygen atoms in total. The number of carbonyl (C=O) groups excluding carboxylic acids is 3.